The Balaban J connectivity index is 3.09. The summed E-state index contributed by atoms with van der Waals surface area (Å²) in [5.41, 5.74) is 0. The van der Waals surface area contributed by atoms with Gasteiger partial charge >= 0.3 is 0 Å². The van der Waals surface area contributed by atoms with Gasteiger partial charge in [-0.2, -0.15) is 0 Å². The summed E-state index contributed by atoms with van der Waals surface area (Å²) in [6.07, 6.45) is 12.3. The molecule has 0 saturated carbocycles. The van der Waals surface area contributed by atoms with Gasteiger partial charge in [-0.1, -0.05) is 45.1 Å². The average Bonchev–Trinajstić information content (AvgIpc) is 2.18. The van der Waals surface area contributed by atoms with Crippen LogP contribution in [0.3, 0.4) is 0 Å². The second kappa shape index (κ2) is 10.8. The lowest BCUT2D eigenvalue weighted by Gasteiger charge is -2.09. The topological polar surface area (TPSA) is 20.2 Å². The zero-order chi connectivity index (χ0) is 10.6. The molecule has 0 aromatic heterocycles. The molecule has 0 aliphatic heterocycles. The van der Waals surface area contributed by atoms with E-state index < -0.39 is 0 Å². The van der Waals surface area contributed by atoms with E-state index in [0.29, 0.717) is 0 Å². The smallest absolute Gasteiger partial charge is 0.0540 e. The molecule has 0 aliphatic rings. The maximum Gasteiger partial charge on any atom is 0.0540 e. The van der Waals surface area contributed by atoms with Crippen LogP contribution in [0, 0.1) is 0 Å². The van der Waals surface area contributed by atoms with Gasteiger partial charge in [-0.3, -0.25) is 0 Å². The predicted molar refractivity (Wildman–Crippen MR) is 63.4 cm³/mol. The maximum absolute atomic E-state index is 9.60. The Morgan fingerprint density at radius 3 is 2.36 bits per heavy atom. The van der Waals surface area contributed by atoms with Crippen LogP contribution in [0.2, 0.25) is 0 Å². The lowest BCUT2D eigenvalue weighted by molar-refractivity contribution is 0.148. The van der Waals surface area contributed by atoms with Gasteiger partial charge in [-0.15, -0.1) is 6.58 Å². The molecule has 0 fully saturated rings. The van der Waals surface area contributed by atoms with Crippen molar-refractivity contribution in [1.82, 2.24) is 0 Å². The molecule has 14 heavy (non-hydrogen) atoms. The third-order valence-corrected chi connectivity index (χ3v) is 2.59. The van der Waals surface area contributed by atoms with E-state index in [0.717, 1.165) is 25.7 Å². The fourth-order valence-electron chi connectivity index (χ4n) is 1.63. The Kier molecular flexibility index (Phi) is 10.5. The highest BCUT2D eigenvalue weighted by Gasteiger charge is 2.02. The Hall–Kier alpha value is -0.300. The zero-order valence-corrected chi connectivity index (χ0v) is 9.67. The molecular formula is C13H26O. The number of aliphatic hydroxyl groups excluding tert-OH is 1. The number of unbranched alkanes of at least 4 members (excludes halogenated alkanes) is 5. The van der Waals surface area contributed by atoms with Crippen molar-refractivity contribution < 1.29 is 5.11 Å². The molecule has 1 unspecified atom stereocenters. The van der Waals surface area contributed by atoms with Gasteiger partial charge in [0.25, 0.3) is 0 Å². The van der Waals surface area contributed by atoms with E-state index in [1.165, 1.54) is 32.1 Å². The van der Waals surface area contributed by atoms with Crippen molar-refractivity contribution in [3.05, 3.63) is 12.7 Å². The molecule has 1 N–H and O–H groups in total. The first-order chi connectivity index (χ1) is 6.81. The molecule has 0 aliphatic carbocycles. The molecule has 0 bridgehead atoms. The van der Waals surface area contributed by atoms with Gasteiger partial charge < -0.3 is 5.11 Å². The lowest BCUT2D eigenvalue weighted by Crippen LogP contribution is -2.05. The van der Waals surface area contributed by atoms with Crippen LogP contribution in [0.5, 0.6) is 0 Å². The summed E-state index contributed by atoms with van der Waals surface area (Å²) in [5.74, 6) is 0. The standard InChI is InChI=1S/C13H26O/c1-3-5-7-8-10-12-13(14)11-9-6-4-2/h4,13-14H,2-3,5-12H2,1H3. The maximum atomic E-state index is 9.60. The summed E-state index contributed by atoms with van der Waals surface area (Å²) in [7, 11) is 0. The molecule has 0 radical (unpaired) electrons. The van der Waals surface area contributed by atoms with Crippen molar-refractivity contribution in [3.63, 3.8) is 0 Å². The molecule has 1 nitrogen and oxygen atoms in total. The van der Waals surface area contributed by atoms with E-state index >= 15 is 0 Å². The van der Waals surface area contributed by atoms with Gasteiger partial charge in [0.1, 0.15) is 0 Å². The van der Waals surface area contributed by atoms with Crippen molar-refractivity contribution >= 4 is 0 Å². The van der Waals surface area contributed by atoms with Crippen molar-refractivity contribution in [2.45, 2.75) is 70.8 Å². The first kappa shape index (κ1) is 13.7. The average molecular weight is 198 g/mol. The van der Waals surface area contributed by atoms with Crippen LogP contribution < -0.4 is 0 Å². The van der Waals surface area contributed by atoms with Crippen molar-refractivity contribution in [2.24, 2.45) is 0 Å². The van der Waals surface area contributed by atoms with E-state index in [1.54, 1.807) is 0 Å². The van der Waals surface area contributed by atoms with Crippen LogP contribution in [0.1, 0.15) is 64.7 Å². The molecule has 1 atom stereocenters. The minimum Gasteiger partial charge on any atom is -0.393 e. The highest BCUT2D eigenvalue weighted by molar-refractivity contribution is 4.67. The van der Waals surface area contributed by atoms with Crippen LogP contribution >= 0.6 is 0 Å². The monoisotopic (exact) mass is 198 g/mol. The highest BCUT2D eigenvalue weighted by atomic mass is 16.3. The van der Waals surface area contributed by atoms with Crippen LogP contribution in [-0.2, 0) is 0 Å². The van der Waals surface area contributed by atoms with E-state index in [2.05, 4.69) is 13.5 Å². The Labute approximate surface area is 89.2 Å². The number of hydrogen-bond acceptors (Lipinski definition) is 1. The number of rotatable bonds is 10. The van der Waals surface area contributed by atoms with Gasteiger partial charge in [0.2, 0.25) is 0 Å². The van der Waals surface area contributed by atoms with Crippen LogP contribution in [0.25, 0.3) is 0 Å². The molecule has 0 saturated heterocycles. The Morgan fingerprint density at radius 2 is 1.71 bits per heavy atom. The second-order valence-electron chi connectivity index (χ2n) is 4.08. The third-order valence-electron chi connectivity index (χ3n) is 2.59. The summed E-state index contributed by atoms with van der Waals surface area (Å²) < 4.78 is 0. The fourth-order valence-corrected chi connectivity index (χ4v) is 1.63. The normalized spacial score (nSPS) is 12.7. The molecule has 1 heteroatoms. The number of aliphatic hydroxyl groups is 1. The van der Waals surface area contributed by atoms with E-state index in [1.807, 2.05) is 6.08 Å². The highest BCUT2D eigenvalue weighted by Crippen LogP contribution is 2.11. The number of allylic oxidation sites excluding steroid dienone is 1. The molecule has 0 spiro atoms. The van der Waals surface area contributed by atoms with E-state index in [-0.39, 0.29) is 6.10 Å². The molecule has 0 aromatic carbocycles. The van der Waals surface area contributed by atoms with Crippen molar-refractivity contribution in [3.8, 4) is 0 Å². The Bertz CT molecular complexity index is 120. The SMILES string of the molecule is C=CCCCC(O)CCCCCCC. The Morgan fingerprint density at radius 1 is 1.07 bits per heavy atom. The second-order valence-corrected chi connectivity index (χ2v) is 4.08. The molecule has 0 heterocycles. The van der Waals surface area contributed by atoms with Crippen molar-refractivity contribution in [2.75, 3.05) is 0 Å². The van der Waals surface area contributed by atoms with Crippen LogP contribution in [-0.4, -0.2) is 11.2 Å². The fraction of sp³-hybridized carbons (Fsp3) is 0.846. The predicted octanol–water partition coefficient (Wildman–Crippen LogP) is 4.06. The van der Waals surface area contributed by atoms with Gasteiger partial charge in [-0.05, 0) is 25.7 Å². The molecule has 84 valence electrons. The summed E-state index contributed by atoms with van der Waals surface area (Å²) in [4.78, 5) is 0. The van der Waals surface area contributed by atoms with E-state index in [4.69, 9.17) is 0 Å². The minimum atomic E-state index is -0.0726. The minimum absolute atomic E-state index is 0.0726. The molecule has 0 aromatic rings. The third kappa shape index (κ3) is 9.79. The number of hydrogen-bond donors (Lipinski definition) is 1. The summed E-state index contributed by atoms with van der Waals surface area (Å²) >= 11 is 0. The zero-order valence-electron chi connectivity index (χ0n) is 9.67. The van der Waals surface area contributed by atoms with Gasteiger partial charge in [0, 0.05) is 0 Å². The lowest BCUT2D eigenvalue weighted by atomic mass is 10.0. The molecular weight excluding hydrogens is 172 g/mol. The summed E-state index contributed by atoms with van der Waals surface area (Å²) in [6, 6.07) is 0. The van der Waals surface area contributed by atoms with Crippen molar-refractivity contribution in [1.29, 1.82) is 0 Å². The van der Waals surface area contributed by atoms with Crippen LogP contribution in [0.4, 0.5) is 0 Å². The molecule has 0 rings (SSSR count). The summed E-state index contributed by atoms with van der Waals surface area (Å²) in [5, 5.41) is 9.60. The first-order valence-corrected chi connectivity index (χ1v) is 6.10. The van der Waals surface area contributed by atoms with Crippen LogP contribution in [0.15, 0.2) is 12.7 Å². The first-order valence-electron chi connectivity index (χ1n) is 6.10. The molecule has 0 amide bonds. The summed E-state index contributed by atoms with van der Waals surface area (Å²) in [6.45, 7) is 5.90. The van der Waals surface area contributed by atoms with Gasteiger partial charge in [0.05, 0.1) is 6.10 Å². The van der Waals surface area contributed by atoms with E-state index in [9.17, 15) is 5.11 Å². The quantitative estimate of drug-likeness (QED) is 0.414. The van der Waals surface area contributed by atoms with Gasteiger partial charge in [-0.25, -0.2) is 0 Å². The van der Waals surface area contributed by atoms with Gasteiger partial charge in [0.15, 0.2) is 0 Å². The largest absolute Gasteiger partial charge is 0.393 e.